The number of carbonyl (C=O) groups is 3. The van der Waals surface area contributed by atoms with Crippen molar-refractivity contribution in [3.63, 3.8) is 0 Å². The average Bonchev–Trinajstić information content (AvgIpc) is 3.09. The second-order valence-electron chi connectivity index (χ2n) is 7.60. The van der Waals surface area contributed by atoms with Gasteiger partial charge in [0.15, 0.2) is 0 Å². The molecule has 0 aliphatic carbocycles. The van der Waals surface area contributed by atoms with Gasteiger partial charge in [-0.05, 0) is 56.4 Å². The molecule has 0 spiro atoms. The quantitative estimate of drug-likeness (QED) is 0.400. The molecule has 1 aromatic heterocycles. The van der Waals surface area contributed by atoms with Crippen LogP contribution in [0.15, 0.2) is 30.3 Å². The molecule has 0 radical (unpaired) electrons. The molecule has 0 saturated heterocycles. The Bertz CT molecular complexity index is 986. The van der Waals surface area contributed by atoms with E-state index in [-0.39, 0.29) is 24.0 Å². The van der Waals surface area contributed by atoms with Gasteiger partial charge in [0.2, 0.25) is 5.91 Å². The molecule has 6 nitrogen and oxygen atoms in total. The number of anilines is 1. The molecule has 2 amide bonds. The van der Waals surface area contributed by atoms with Crippen LogP contribution in [0.4, 0.5) is 5.00 Å². The molecule has 1 aromatic carbocycles. The van der Waals surface area contributed by atoms with Crippen LogP contribution in [-0.2, 0) is 9.53 Å². The Morgan fingerprint density at radius 1 is 1.09 bits per heavy atom. The third-order valence-electron chi connectivity index (χ3n) is 5.14. The van der Waals surface area contributed by atoms with Crippen LogP contribution < -0.4 is 5.32 Å². The van der Waals surface area contributed by atoms with Crippen LogP contribution >= 0.6 is 11.3 Å². The van der Waals surface area contributed by atoms with Crippen LogP contribution in [0.3, 0.4) is 0 Å². The number of rotatable bonds is 9. The number of ether oxygens (including phenoxy) is 1. The summed E-state index contributed by atoms with van der Waals surface area (Å²) in [6, 6.07) is 7.99. The molecule has 0 aliphatic heterocycles. The highest BCUT2D eigenvalue weighted by atomic mass is 32.1. The van der Waals surface area contributed by atoms with Gasteiger partial charge in [-0.15, -0.1) is 11.3 Å². The van der Waals surface area contributed by atoms with Crippen LogP contribution in [0, 0.1) is 6.92 Å². The molecular weight excluding hydrogens is 424 g/mol. The molecule has 0 saturated carbocycles. The Morgan fingerprint density at radius 2 is 1.72 bits per heavy atom. The number of nitrogens with zero attached hydrogens (tertiary/aromatic N) is 1. The van der Waals surface area contributed by atoms with Crippen molar-refractivity contribution < 1.29 is 19.1 Å². The zero-order valence-corrected chi connectivity index (χ0v) is 20.5. The first kappa shape index (κ1) is 25.3. The highest BCUT2D eigenvalue weighted by Crippen LogP contribution is 2.34. The Balaban J connectivity index is 2.30. The smallest absolute Gasteiger partial charge is 0.341 e. The van der Waals surface area contributed by atoms with Gasteiger partial charge in [0.05, 0.1) is 17.0 Å². The summed E-state index contributed by atoms with van der Waals surface area (Å²) in [5, 5.41) is 3.08. The van der Waals surface area contributed by atoms with Crippen molar-refractivity contribution in [2.45, 2.75) is 47.5 Å². The van der Waals surface area contributed by atoms with E-state index in [2.05, 4.69) is 19.2 Å². The summed E-state index contributed by atoms with van der Waals surface area (Å²) in [5.41, 5.74) is 2.88. The highest BCUT2D eigenvalue weighted by molar-refractivity contribution is 7.18. The maximum absolute atomic E-state index is 12.9. The minimum Gasteiger partial charge on any atom is -0.462 e. The predicted molar refractivity (Wildman–Crippen MR) is 130 cm³/mol. The van der Waals surface area contributed by atoms with Crippen LogP contribution in [0.5, 0.6) is 0 Å². The van der Waals surface area contributed by atoms with Crippen molar-refractivity contribution in [2.75, 3.05) is 25.0 Å². The molecule has 1 heterocycles. The van der Waals surface area contributed by atoms with E-state index in [4.69, 9.17) is 4.74 Å². The molecule has 0 aliphatic rings. The minimum atomic E-state index is -0.552. The van der Waals surface area contributed by atoms with Crippen LogP contribution in [0.25, 0.3) is 6.08 Å². The van der Waals surface area contributed by atoms with E-state index in [1.165, 1.54) is 11.6 Å². The average molecular weight is 457 g/mol. The van der Waals surface area contributed by atoms with E-state index in [0.717, 1.165) is 16.9 Å². The predicted octanol–water partition coefficient (Wildman–Crippen LogP) is 5.49. The fourth-order valence-corrected chi connectivity index (χ4v) is 4.39. The minimum absolute atomic E-state index is 0.163. The maximum Gasteiger partial charge on any atom is 0.341 e. The first-order chi connectivity index (χ1) is 15.2. The van der Waals surface area contributed by atoms with Gasteiger partial charge in [-0.1, -0.05) is 38.1 Å². The lowest BCUT2D eigenvalue weighted by Gasteiger charge is -2.18. The summed E-state index contributed by atoms with van der Waals surface area (Å²) >= 11 is 1.10. The van der Waals surface area contributed by atoms with Crippen LogP contribution in [-0.4, -0.2) is 42.4 Å². The Hall–Kier alpha value is -2.93. The van der Waals surface area contributed by atoms with E-state index in [9.17, 15) is 14.4 Å². The molecule has 0 bridgehead atoms. The van der Waals surface area contributed by atoms with E-state index >= 15 is 0 Å². The van der Waals surface area contributed by atoms with Gasteiger partial charge in [-0.3, -0.25) is 9.59 Å². The number of benzene rings is 1. The summed E-state index contributed by atoms with van der Waals surface area (Å²) in [6.07, 6.45) is 3.13. The topological polar surface area (TPSA) is 75.7 Å². The van der Waals surface area contributed by atoms with Crippen molar-refractivity contribution in [1.29, 1.82) is 0 Å². The van der Waals surface area contributed by atoms with Gasteiger partial charge in [0, 0.05) is 19.2 Å². The summed E-state index contributed by atoms with van der Waals surface area (Å²) in [5.74, 6) is -0.660. The third-order valence-corrected chi connectivity index (χ3v) is 6.33. The van der Waals surface area contributed by atoms with Gasteiger partial charge < -0.3 is 15.0 Å². The third kappa shape index (κ3) is 6.07. The number of carbonyl (C=O) groups excluding carboxylic acids is 3. The maximum atomic E-state index is 12.9. The molecule has 32 heavy (non-hydrogen) atoms. The van der Waals surface area contributed by atoms with E-state index in [1.807, 2.05) is 38.1 Å². The second-order valence-corrected chi connectivity index (χ2v) is 8.62. The first-order valence-corrected chi connectivity index (χ1v) is 11.7. The van der Waals surface area contributed by atoms with E-state index in [1.54, 1.807) is 24.8 Å². The molecule has 1 N–H and O–H groups in total. The number of esters is 1. The van der Waals surface area contributed by atoms with Gasteiger partial charge in [0.1, 0.15) is 5.00 Å². The molecule has 7 heteroatoms. The highest BCUT2D eigenvalue weighted by Gasteiger charge is 2.28. The summed E-state index contributed by atoms with van der Waals surface area (Å²) < 4.78 is 5.17. The molecule has 0 fully saturated rings. The summed E-state index contributed by atoms with van der Waals surface area (Å²) in [6.45, 7) is 12.8. The van der Waals surface area contributed by atoms with Gasteiger partial charge in [0.25, 0.3) is 5.91 Å². The lowest BCUT2D eigenvalue weighted by molar-refractivity contribution is -0.111. The summed E-state index contributed by atoms with van der Waals surface area (Å²) in [7, 11) is 0. The van der Waals surface area contributed by atoms with Gasteiger partial charge in [-0.2, -0.15) is 0 Å². The largest absolute Gasteiger partial charge is 0.462 e. The lowest BCUT2D eigenvalue weighted by atomic mass is 10.0. The standard InChI is InChI=1S/C25H32N2O4S/c1-7-27(8-2)24(29)22-17(6)21(25(30)31-9-3)23(32-22)26-20(28)15-12-18-10-13-19(14-11-18)16(4)5/h10-16H,7-9H2,1-6H3,(H,26,28)/b15-12+. The summed E-state index contributed by atoms with van der Waals surface area (Å²) in [4.78, 5) is 40.2. The van der Waals surface area contributed by atoms with Crippen LogP contribution in [0.1, 0.15) is 77.3 Å². The zero-order chi connectivity index (χ0) is 23.8. The molecular formula is C25H32N2O4S. The first-order valence-electron chi connectivity index (χ1n) is 10.9. The fraction of sp³-hybridized carbons (Fsp3) is 0.400. The SMILES string of the molecule is CCOC(=O)c1c(NC(=O)/C=C/c2ccc(C(C)C)cc2)sc(C(=O)N(CC)CC)c1C. The Labute approximate surface area is 194 Å². The fourth-order valence-electron chi connectivity index (χ4n) is 3.23. The zero-order valence-electron chi connectivity index (χ0n) is 19.7. The molecule has 2 rings (SSSR count). The molecule has 172 valence electrons. The van der Waals surface area contributed by atoms with Crippen molar-refractivity contribution in [2.24, 2.45) is 0 Å². The molecule has 2 aromatic rings. The van der Waals surface area contributed by atoms with Crippen molar-refractivity contribution in [1.82, 2.24) is 4.90 Å². The van der Waals surface area contributed by atoms with Gasteiger partial charge in [-0.25, -0.2) is 4.79 Å². The van der Waals surface area contributed by atoms with E-state index < -0.39 is 5.97 Å². The van der Waals surface area contributed by atoms with Crippen molar-refractivity contribution in [3.8, 4) is 0 Å². The van der Waals surface area contributed by atoms with E-state index in [0.29, 0.717) is 34.4 Å². The second kappa shape index (κ2) is 11.6. The van der Waals surface area contributed by atoms with Crippen molar-refractivity contribution >= 4 is 40.2 Å². The van der Waals surface area contributed by atoms with Gasteiger partial charge >= 0.3 is 5.97 Å². The number of amides is 2. The lowest BCUT2D eigenvalue weighted by Crippen LogP contribution is -2.30. The molecule has 0 unspecified atom stereocenters. The number of hydrogen-bond acceptors (Lipinski definition) is 5. The van der Waals surface area contributed by atoms with Crippen molar-refractivity contribution in [3.05, 3.63) is 57.5 Å². The monoisotopic (exact) mass is 456 g/mol. The molecule has 0 atom stereocenters. The number of nitrogens with one attached hydrogen (secondary N) is 1. The Kier molecular flexibility index (Phi) is 9.20. The number of hydrogen-bond donors (Lipinski definition) is 1. The van der Waals surface area contributed by atoms with Crippen LogP contribution in [0.2, 0.25) is 0 Å². The number of thiophene rings is 1. The normalized spacial score (nSPS) is 11.1. The Morgan fingerprint density at radius 3 is 2.25 bits per heavy atom.